The summed E-state index contributed by atoms with van der Waals surface area (Å²) in [6.45, 7) is 0. The first-order valence-corrected chi connectivity index (χ1v) is 5.12. The Morgan fingerprint density at radius 1 is 1.46 bits per heavy atom. The molecule has 1 aromatic carbocycles. The third-order valence-corrected chi connectivity index (χ3v) is 1.94. The highest BCUT2D eigenvalue weighted by Crippen LogP contribution is 2.28. The molecule has 0 atom stereocenters. The molecule has 0 aliphatic rings. The molecule has 1 aromatic rings. The molecule has 0 aromatic heterocycles. The molecule has 0 heterocycles. The van der Waals surface area contributed by atoms with Crippen molar-refractivity contribution in [1.29, 1.82) is 0 Å². The van der Waals surface area contributed by atoms with Crippen molar-refractivity contribution in [2.24, 2.45) is 0 Å². The van der Waals surface area contributed by atoms with E-state index < -0.39 is 0 Å². The van der Waals surface area contributed by atoms with E-state index in [4.69, 9.17) is 4.74 Å². The highest BCUT2D eigenvalue weighted by Gasteiger charge is 2.00. The highest BCUT2D eigenvalue weighted by molar-refractivity contribution is 9.28. The number of methoxy groups -OCH3 is 1. The van der Waals surface area contributed by atoms with Gasteiger partial charge < -0.3 is 9.84 Å². The highest BCUT2D eigenvalue weighted by atomic mass is 79.9. The normalized spacial score (nSPS) is 9.46. The maximum atomic E-state index is 9.42. The molecule has 0 saturated carbocycles. The quantitative estimate of drug-likeness (QED) is 0.906. The molecule has 1 rings (SSSR count). The maximum absolute atomic E-state index is 9.42. The first-order valence-electron chi connectivity index (χ1n) is 3.53. The SMILES string of the molecule is COc1ccc(C=C(Br)Br)cc1O. The minimum atomic E-state index is 0.137. The Morgan fingerprint density at radius 3 is 2.62 bits per heavy atom. The van der Waals surface area contributed by atoms with Crippen LogP contribution in [0.1, 0.15) is 5.56 Å². The molecule has 0 amide bonds. The lowest BCUT2D eigenvalue weighted by molar-refractivity contribution is 0.373. The Hall–Kier alpha value is -0.480. The third-order valence-electron chi connectivity index (χ3n) is 1.48. The Kier molecular flexibility index (Phi) is 3.81. The van der Waals surface area contributed by atoms with E-state index in [9.17, 15) is 5.11 Å². The first kappa shape index (κ1) is 10.6. The number of halogens is 2. The molecule has 13 heavy (non-hydrogen) atoms. The summed E-state index contributed by atoms with van der Waals surface area (Å²) in [6.07, 6.45) is 1.83. The van der Waals surface area contributed by atoms with Crippen molar-refractivity contribution < 1.29 is 9.84 Å². The lowest BCUT2D eigenvalue weighted by Crippen LogP contribution is -1.83. The number of phenolic OH excluding ortho intramolecular Hbond substituents is 1. The molecule has 0 bridgehead atoms. The molecule has 4 heteroatoms. The Labute approximate surface area is 93.5 Å². The molecule has 0 fully saturated rings. The smallest absolute Gasteiger partial charge is 0.160 e. The first-order chi connectivity index (χ1) is 6.13. The largest absolute Gasteiger partial charge is 0.504 e. The fourth-order valence-corrected chi connectivity index (χ4v) is 1.45. The molecular formula is C9H8Br2O2. The van der Waals surface area contributed by atoms with Gasteiger partial charge in [-0.2, -0.15) is 0 Å². The van der Waals surface area contributed by atoms with Gasteiger partial charge in [0.15, 0.2) is 11.5 Å². The zero-order valence-corrected chi connectivity index (χ0v) is 10.1. The maximum Gasteiger partial charge on any atom is 0.160 e. The second-order valence-corrected chi connectivity index (χ2v) is 5.14. The van der Waals surface area contributed by atoms with Crippen LogP contribution in [0, 0.1) is 0 Å². The van der Waals surface area contributed by atoms with E-state index in [-0.39, 0.29) is 5.75 Å². The summed E-state index contributed by atoms with van der Waals surface area (Å²) < 4.78 is 5.73. The second-order valence-electron chi connectivity index (χ2n) is 2.37. The van der Waals surface area contributed by atoms with Crippen LogP contribution >= 0.6 is 31.9 Å². The van der Waals surface area contributed by atoms with Crippen molar-refractivity contribution in [1.82, 2.24) is 0 Å². The van der Waals surface area contributed by atoms with Crippen molar-refractivity contribution in [2.75, 3.05) is 7.11 Å². The summed E-state index contributed by atoms with van der Waals surface area (Å²) >= 11 is 6.47. The standard InChI is InChI=1S/C9H8Br2O2/c1-13-8-3-2-6(4-7(8)12)5-9(10)11/h2-5,12H,1H3. The zero-order chi connectivity index (χ0) is 9.84. The Bertz CT molecular complexity index is 330. The monoisotopic (exact) mass is 306 g/mol. The molecular weight excluding hydrogens is 300 g/mol. The summed E-state index contributed by atoms with van der Waals surface area (Å²) in [5.74, 6) is 0.611. The number of hydrogen-bond donors (Lipinski definition) is 1. The van der Waals surface area contributed by atoms with Crippen molar-refractivity contribution in [3.8, 4) is 11.5 Å². The van der Waals surface area contributed by atoms with Crippen molar-refractivity contribution in [2.45, 2.75) is 0 Å². The summed E-state index contributed by atoms with van der Waals surface area (Å²) in [5.41, 5.74) is 0.891. The van der Waals surface area contributed by atoms with Crippen LogP contribution in [0.15, 0.2) is 21.6 Å². The van der Waals surface area contributed by atoms with E-state index >= 15 is 0 Å². The third kappa shape index (κ3) is 3.04. The molecule has 0 aliphatic heterocycles. The molecule has 0 radical (unpaired) electrons. The summed E-state index contributed by atoms with van der Waals surface area (Å²) in [4.78, 5) is 0. The van der Waals surface area contributed by atoms with Crippen molar-refractivity contribution in [3.05, 3.63) is 27.2 Å². The van der Waals surface area contributed by atoms with Gasteiger partial charge in [-0.3, -0.25) is 0 Å². The number of hydrogen-bond acceptors (Lipinski definition) is 2. The van der Waals surface area contributed by atoms with E-state index in [1.165, 1.54) is 7.11 Å². The van der Waals surface area contributed by atoms with Gasteiger partial charge in [0.2, 0.25) is 0 Å². The number of phenols is 1. The number of benzene rings is 1. The van der Waals surface area contributed by atoms with E-state index in [1.807, 2.05) is 12.1 Å². The van der Waals surface area contributed by atoms with E-state index in [0.29, 0.717) is 5.75 Å². The van der Waals surface area contributed by atoms with E-state index in [2.05, 4.69) is 31.9 Å². The van der Waals surface area contributed by atoms with E-state index in [0.717, 1.165) is 8.96 Å². The van der Waals surface area contributed by atoms with Crippen LogP contribution in [-0.4, -0.2) is 12.2 Å². The predicted molar refractivity (Wildman–Crippen MR) is 60.5 cm³/mol. The average molecular weight is 308 g/mol. The van der Waals surface area contributed by atoms with Crippen LogP contribution < -0.4 is 4.74 Å². The summed E-state index contributed by atoms with van der Waals surface area (Å²) in [5, 5.41) is 9.42. The second kappa shape index (κ2) is 4.67. The Morgan fingerprint density at radius 2 is 2.15 bits per heavy atom. The molecule has 2 nitrogen and oxygen atoms in total. The molecule has 0 unspecified atom stereocenters. The van der Waals surface area contributed by atoms with Crippen LogP contribution in [0.4, 0.5) is 0 Å². The van der Waals surface area contributed by atoms with Crippen molar-refractivity contribution >= 4 is 37.9 Å². The minimum absolute atomic E-state index is 0.137. The van der Waals surface area contributed by atoms with Crippen molar-refractivity contribution in [3.63, 3.8) is 0 Å². The fraction of sp³-hybridized carbons (Fsp3) is 0.111. The molecule has 1 N–H and O–H groups in total. The Balaban J connectivity index is 3.03. The van der Waals surface area contributed by atoms with Crippen LogP contribution in [-0.2, 0) is 0 Å². The zero-order valence-electron chi connectivity index (χ0n) is 6.92. The lowest BCUT2D eigenvalue weighted by atomic mass is 10.2. The fourth-order valence-electron chi connectivity index (χ4n) is 0.923. The average Bonchev–Trinajstić information content (AvgIpc) is 2.03. The number of ether oxygens (including phenoxy) is 1. The van der Waals surface area contributed by atoms with Gasteiger partial charge in [-0.15, -0.1) is 0 Å². The predicted octanol–water partition coefficient (Wildman–Crippen LogP) is 3.49. The van der Waals surface area contributed by atoms with Gasteiger partial charge in [0, 0.05) is 0 Å². The minimum Gasteiger partial charge on any atom is -0.504 e. The van der Waals surface area contributed by atoms with Gasteiger partial charge in [0.05, 0.1) is 10.5 Å². The topological polar surface area (TPSA) is 29.5 Å². The summed E-state index contributed by atoms with van der Waals surface area (Å²) in [7, 11) is 1.52. The number of aromatic hydroxyl groups is 1. The molecule has 70 valence electrons. The van der Waals surface area contributed by atoms with Gasteiger partial charge in [-0.05, 0) is 55.6 Å². The van der Waals surface area contributed by atoms with Gasteiger partial charge in [0.1, 0.15) is 0 Å². The van der Waals surface area contributed by atoms with E-state index in [1.54, 1.807) is 12.1 Å². The van der Waals surface area contributed by atoms with Crippen LogP contribution in [0.3, 0.4) is 0 Å². The van der Waals surface area contributed by atoms with Crippen LogP contribution in [0.2, 0.25) is 0 Å². The summed E-state index contributed by atoms with van der Waals surface area (Å²) in [6, 6.07) is 5.19. The molecule has 0 saturated heterocycles. The van der Waals surface area contributed by atoms with Crippen LogP contribution in [0.25, 0.3) is 6.08 Å². The van der Waals surface area contributed by atoms with Gasteiger partial charge in [0.25, 0.3) is 0 Å². The van der Waals surface area contributed by atoms with Crippen LogP contribution in [0.5, 0.6) is 11.5 Å². The van der Waals surface area contributed by atoms with Gasteiger partial charge in [-0.25, -0.2) is 0 Å². The van der Waals surface area contributed by atoms with Gasteiger partial charge in [-0.1, -0.05) is 6.07 Å². The molecule has 0 spiro atoms. The number of rotatable bonds is 2. The molecule has 0 aliphatic carbocycles. The lowest BCUT2D eigenvalue weighted by Gasteiger charge is -2.03. The van der Waals surface area contributed by atoms with Gasteiger partial charge >= 0.3 is 0 Å².